The van der Waals surface area contributed by atoms with Crippen molar-refractivity contribution in [3.63, 3.8) is 0 Å². The SMILES string of the molecule is CN[C@H](CSCC1O[C@H]2O[C@H]3C(CO)O[C@@H](O[C@]4(O)CO[C@@H](O[C@H]5C(CO)O[C@@H](O[C@H]6C(CSC[C@@H](CC(=O)CCOCCOCCC(C)=O)C(=O)O)O[C@@H](O[C@H]7C(CO)O[C@@H](O[C@H]8C(CO)O[C@@](O)(O[C@@H]1[C@H](O)C2O)C(O)[C@H]8O)C(O)[C@H]7O)C(O)[C@H]6O)C(O)[C@H]5O)C(O)[C@H]4O)C(O)[C@H]3O)C(=O)O. The van der Waals surface area contributed by atoms with Crippen LogP contribution < -0.4 is 5.32 Å². The average molecular weight is 1540 g/mol. The summed E-state index contributed by atoms with van der Waals surface area (Å²) >= 11 is 1.55. The van der Waals surface area contributed by atoms with Gasteiger partial charge in [-0.05, 0) is 14.0 Å². The Morgan fingerprint density at radius 1 is 0.437 bits per heavy atom. The van der Waals surface area contributed by atoms with Gasteiger partial charge in [0.2, 0.25) is 5.79 Å². The van der Waals surface area contributed by atoms with Crippen LogP contribution >= 0.6 is 23.5 Å². The summed E-state index contributed by atoms with van der Waals surface area (Å²) in [6.07, 6.45) is -71.1. The average Bonchev–Trinajstić information content (AvgIpc) is 0.769. The Labute approximate surface area is 593 Å². The minimum atomic E-state index is -3.59. The molecule has 23 N–H and O–H groups in total. The minimum absolute atomic E-state index is 0.0567. The highest BCUT2D eigenvalue weighted by atomic mass is 32.2. The quantitative estimate of drug-likeness (QED) is 0.0358. The number of aliphatic carboxylic acids is 2. The van der Waals surface area contributed by atoms with Crippen molar-refractivity contribution in [2.45, 2.75) is 240 Å². The first-order chi connectivity index (χ1) is 48.8. The van der Waals surface area contributed by atoms with E-state index in [4.69, 9.17) is 75.8 Å². The highest BCUT2D eigenvalue weighted by Gasteiger charge is 2.63. The number of aliphatic hydroxyl groups excluding tert-OH is 18. The lowest BCUT2D eigenvalue weighted by Crippen LogP contribution is -2.71. The molecule has 21 saturated heterocycles. The van der Waals surface area contributed by atoms with Crippen molar-refractivity contribution in [2.75, 3.05) is 89.5 Å². The second-order valence-corrected chi connectivity index (χ2v) is 27.8. The Morgan fingerprint density at radius 3 is 1.28 bits per heavy atom. The molecule has 0 amide bonds. The summed E-state index contributed by atoms with van der Waals surface area (Å²) in [6, 6.07) is -1.24. The number of carbonyl (C=O) groups excluding carboxylic acids is 2. The molecule has 21 rings (SSSR count). The number of likely N-dealkylation sites (N-methyl/N-ethyl adjacent to an activating group) is 1. The smallest absolute Gasteiger partial charge is 0.321 e. The molecule has 0 aromatic carbocycles. The first-order valence-electron chi connectivity index (χ1n) is 32.8. The summed E-state index contributed by atoms with van der Waals surface area (Å²) in [5.41, 5.74) is 0. The Morgan fingerprint density at radius 2 is 0.835 bits per heavy atom. The topological polar surface area (TPSA) is 673 Å². The molecule has 0 aromatic heterocycles. The van der Waals surface area contributed by atoms with Gasteiger partial charge in [-0.15, -0.1) is 0 Å². The number of carboxylic acid groups (broad SMARTS) is 2. The third-order valence-corrected chi connectivity index (χ3v) is 20.7. The van der Waals surface area contributed by atoms with E-state index in [1.807, 2.05) is 0 Å². The van der Waals surface area contributed by atoms with Crippen molar-refractivity contribution in [1.29, 1.82) is 0 Å². The number of ether oxygens (including phenoxy) is 16. The van der Waals surface area contributed by atoms with Crippen molar-refractivity contribution in [3.05, 3.63) is 0 Å². The molecular formula is C58H95NO42S2. The molecule has 36 atom stereocenters. The van der Waals surface area contributed by atoms with Crippen molar-refractivity contribution < 1.29 is 207 Å². The van der Waals surface area contributed by atoms with E-state index in [9.17, 15) is 132 Å². The molecule has 0 aromatic rings. The predicted octanol–water partition coefficient (Wildman–Crippen LogP) is -13.7. The third kappa shape index (κ3) is 20.4. The van der Waals surface area contributed by atoms with E-state index >= 15 is 0 Å². The molecule has 21 heterocycles. The van der Waals surface area contributed by atoms with Gasteiger partial charge in [0, 0.05) is 42.3 Å². The van der Waals surface area contributed by atoms with Gasteiger partial charge in [0.05, 0.1) is 71.0 Å². The first-order valence-corrected chi connectivity index (χ1v) is 35.1. The number of nitrogens with one attached hydrogen (secondary N) is 1. The fourth-order valence-corrected chi connectivity index (χ4v) is 14.8. The molecule has 0 saturated carbocycles. The van der Waals surface area contributed by atoms with Gasteiger partial charge in [-0.2, -0.15) is 23.5 Å². The predicted molar refractivity (Wildman–Crippen MR) is 328 cm³/mol. The van der Waals surface area contributed by atoms with Crippen molar-refractivity contribution >= 4 is 47.0 Å². The van der Waals surface area contributed by atoms with E-state index in [-0.39, 0.29) is 56.6 Å². The molecule has 21 aliphatic heterocycles. The number of thioether (sulfide) groups is 2. The van der Waals surface area contributed by atoms with Gasteiger partial charge in [-0.3, -0.25) is 19.2 Å². The van der Waals surface area contributed by atoms with Crippen LogP contribution in [0.3, 0.4) is 0 Å². The molecular weight excluding hydrogens is 1450 g/mol. The standard InChI is InChI=1S/C58H95NO42S2/c1-19(64)3-5-86-7-8-87-6-4-21(65)9-20(49(80)81)14-102-16-27-45-31(68)36(73)54(92-27)95-42-24(11-61)90-52(35(72)30(42)67)97-44-26(13-63)99-58(85,48(79)39(44)76)100-46-28(17-103-15-22(59-2)50(82)83)93-55(37(74)33(46)70)96-43-25(12-62)91-56(38(75)32(43)69)101-57(84)18-88-51(40(77)47(57)78)94-41-23(10-60)89-53(98-45)34(71)29(41)66/h20,22-48,51-56,59-63,66-79,84-85H,3-18H2,1-2H3,(H,80,81)(H,82,83)/t20-,22-,23?,24?,25?,26?,27?,28?,29-,30-,31-,32-,33-,34?,35?,36?,37?,38?,39+,40?,41+,42+,43+,44+,45+,46+,47-,48?,51+,52+,53+,54+,55+,56+,57-,58-/m1/s1. The van der Waals surface area contributed by atoms with Crippen LogP contribution in [0.4, 0.5) is 0 Å². The molecule has 14 bridgehead atoms. The Kier molecular flexibility index (Phi) is 32.1. The molecule has 45 heteroatoms. The van der Waals surface area contributed by atoms with Gasteiger partial charge in [-0.1, -0.05) is 0 Å². The second kappa shape index (κ2) is 38.4. The minimum Gasteiger partial charge on any atom is -0.481 e. The second-order valence-electron chi connectivity index (χ2n) is 25.7. The molecule has 103 heavy (non-hydrogen) atoms. The number of carbonyl (C=O) groups is 4. The highest BCUT2D eigenvalue weighted by molar-refractivity contribution is 7.99. The van der Waals surface area contributed by atoms with Crippen molar-refractivity contribution in [3.8, 4) is 0 Å². The van der Waals surface area contributed by atoms with Gasteiger partial charge < -0.3 is 193 Å². The van der Waals surface area contributed by atoms with E-state index in [2.05, 4.69) is 5.32 Å². The van der Waals surface area contributed by atoms with Gasteiger partial charge in [0.25, 0.3) is 0 Å². The zero-order valence-electron chi connectivity index (χ0n) is 55.3. The zero-order chi connectivity index (χ0) is 75.7. The van der Waals surface area contributed by atoms with E-state index in [0.717, 1.165) is 23.5 Å². The number of ketones is 2. The lowest BCUT2D eigenvalue weighted by Gasteiger charge is -2.52. The van der Waals surface area contributed by atoms with Gasteiger partial charge >= 0.3 is 17.9 Å². The molecule has 596 valence electrons. The monoisotopic (exact) mass is 1540 g/mol. The van der Waals surface area contributed by atoms with E-state index in [0.29, 0.717) is 0 Å². The number of hydrogen-bond acceptors (Lipinski definition) is 43. The Balaban J connectivity index is 1.08. The Hall–Kier alpha value is -2.50. The molecule has 43 nitrogen and oxygen atoms in total. The number of carboxylic acids is 2. The molecule has 13 unspecified atom stereocenters. The van der Waals surface area contributed by atoms with Crippen molar-refractivity contribution in [1.82, 2.24) is 5.32 Å². The maximum Gasteiger partial charge on any atom is 0.321 e. The number of Topliss-reactive ketones (excluding diaryl/α,β-unsaturated/α-hetero) is 2. The molecule has 0 radical (unpaired) electrons. The summed E-state index contributed by atoms with van der Waals surface area (Å²) in [5, 5.41) is 251. The fourth-order valence-electron chi connectivity index (χ4n) is 12.4. The summed E-state index contributed by atoms with van der Waals surface area (Å²) in [7, 11) is 1.31. The molecule has 21 aliphatic rings. The number of hydrogen-bond donors (Lipinski definition) is 23. The van der Waals surface area contributed by atoms with Crippen LogP contribution in [0, 0.1) is 5.92 Å². The first kappa shape index (κ1) is 86.1. The van der Waals surface area contributed by atoms with E-state index in [1.165, 1.54) is 14.0 Å². The van der Waals surface area contributed by atoms with Gasteiger partial charge in [-0.25, -0.2) is 0 Å². The van der Waals surface area contributed by atoms with Crippen molar-refractivity contribution in [2.24, 2.45) is 5.92 Å². The van der Waals surface area contributed by atoms with Gasteiger partial charge in [0.1, 0.15) is 165 Å². The number of aliphatic hydroxyl groups is 20. The van der Waals surface area contributed by atoms with Crippen LogP contribution in [0.5, 0.6) is 0 Å². The highest BCUT2D eigenvalue weighted by Crippen LogP contribution is 2.42. The van der Waals surface area contributed by atoms with Crippen LogP contribution in [0.1, 0.15) is 26.2 Å². The molecule has 0 spiro atoms. The fraction of sp³-hybridized carbons (Fsp3) is 0.931. The van der Waals surface area contributed by atoms with E-state index < -0.39 is 289 Å². The third-order valence-electron chi connectivity index (χ3n) is 18.4. The summed E-state index contributed by atoms with van der Waals surface area (Å²) in [5.74, 6) is -13.2. The largest absolute Gasteiger partial charge is 0.481 e. The maximum atomic E-state index is 13.0. The summed E-state index contributed by atoms with van der Waals surface area (Å²) in [4.78, 5) is 48.7. The van der Waals surface area contributed by atoms with Crippen LogP contribution in [-0.2, 0) is 95.0 Å². The van der Waals surface area contributed by atoms with Gasteiger partial charge in [0.15, 0.2) is 43.8 Å². The molecule has 0 aliphatic carbocycles. The normalized spacial score (nSPS) is 45.6. The zero-order valence-corrected chi connectivity index (χ0v) is 56.9. The number of rotatable bonds is 26. The summed E-state index contributed by atoms with van der Waals surface area (Å²) in [6.45, 7) is -4.40. The molecule has 21 fully saturated rings. The van der Waals surface area contributed by atoms with Crippen LogP contribution in [-0.4, -0.2) is 440 Å². The van der Waals surface area contributed by atoms with E-state index in [1.54, 1.807) is 0 Å². The van der Waals surface area contributed by atoms with Crippen LogP contribution in [0.2, 0.25) is 0 Å². The maximum absolute atomic E-state index is 13.0. The lowest BCUT2D eigenvalue weighted by molar-refractivity contribution is -0.480. The van der Waals surface area contributed by atoms with Crippen LogP contribution in [0.15, 0.2) is 0 Å². The summed E-state index contributed by atoms with van der Waals surface area (Å²) < 4.78 is 91.5. The lowest BCUT2D eigenvalue weighted by atomic mass is 9.94. The van der Waals surface area contributed by atoms with Crippen LogP contribution in [0.25, 0.3) is 0 Å². The Bertz CT molecular complexity index is 2670.